The summed E-state index contributed by atoms with van der Waals surface area (Å²) in [6.45, 7) is 2.45. The summed E-state index contributed by atoms with van der Waals surface area (Å²) < 4.78 is 8.50. The molecule has 0 radical (unpaired) electrons. The Balaban J connectivity index is 2.35. The molecule has 5 heteroatoms. The Hall–Kier alpha value is -1.85. The molecule has 21 heavy (non-hydrogen) atoms. The second-order valence-electron chi connectivity index (χ2n) is 4.85. The normalized spacial score (nSPS) is 11.0. The van der Waals surface area contributed by atoms with Gasteiger partial charge in [-0.25, -0.2) is 4.98 Å². The molecule has 108 valence electrons. The quantitative estimate of drug-likeness (QED) is 0.789. The smallest absolute Gasteiger partial charge is 0.140 e. The number of aryl methyl sites for hydroxylation is 1. The first-order chi connectivity index (χ1) is 10.2. The summed E-state index contributed by atoms with van der Waals surface area (Å²) in [6, 6.07) is 9.91. The van der Waals surface area contributed by atoms with Crippen LogP contribution in [0.3, 0.4) is 0 Å². The van der Waals surface area contributed by atoms with E-state index in [0.29, 0.717) is 6.54 Å². The maximum Gasteiger partial charge on any atom is 0.140 e. The van der Waals surface area contributed by atoms with Gasteiger partial charge in [0.05, 0.1) is 18.5 Å². The lowest BCUT2D eigenvalue weighted by atomic mass is 10.1. The molecule has 1 aromatic carbocycles. The van der Waals surface area contributed by atoms with Crippen LogP contribution in [-0.2, 0) is 6.54 Å². The molecule has 3 aromatic rings. The van der Waals surface area contributed by atoms with Crippen molar-refractivity contribution in [2.45, 2.75) is 13.5 Å². The van der Waals surface area contributed by atoms with Gasteiger partial charge in [-0.05, 0) is 46.6 Å². The lowest BCUT2D eigenvalue weighted by molar-refractivity contribution is 0.416. The molecule has 0 aliphatic carbocycles. The number of aromatic nitrogens is 2. The summed E-state index contributed by atoms with van der Waals surface area (Å²) in [4.78, 5) is 4.79. The summed E-state index contributed by atoms with van der Waals surface area (Å²) >= 11 is 3.53. The summed E-state index contributed by atoms with van der Waals surface area (Å²) in [5.74, 6) is 0.798. The van der Waals surface area contributed by atoms with Crippen molar-refractivity contribution in [2.24, 2.45) is 5.73 Å². The molecule has 4 nitrogen and oxygen atoms in total. The van der Waals surface area contributed by atoms with E-state index in [-0.39, 0.29) is 0 Å². The van der Waals surface area contributed by atoms with Crippen LogP contribution in [0.2, 0.25) is 0 Å². The van der Waals surface area contributed by atoms with Crippen molar-refractivity contribution in [1.82, 2.24) is 9.38 Å². The third-order valence-electron chi connectivity index (χ3n) is 3.53. The van der Waals surface area contributed by atoms with Crippen LogP contribution in [0, 0.1) is 6.92 Å². The van der Waals surface area contributed by atoms with Crippen LogP contribution in [0.15, 0.2) is 41.0 Å². The number of fused-ring (bicyclic) bond motifs is 1. The molecule has 2 N–H and O–H groups in total. The maximum absolute atomic E-state index is 5.97. The van der Waals surface area contributed by atoms with Crippen molar-refractivity contribution in [3.8, 4) is 17.0 Å². The van der Waals surface area contributed by atoms with Crippen LogP contribution in [0.5, 0.6) is 5.75 Å². The highest BCUT2D eigenvalue weighted by Crippen LogP contribution is 2.33. The van der Waals surface area contributed by atoms with E-state index < -0.39 is 0 Å². The van der Waals surface area contributed by atoms with E-state index in [9.17, 15) is 0 Å². The third kappa shape index (κ3) is 2.32. The van der Waals surface area contributed by atoms with E-state index in [0.717, 1.165) is 38.4 Å². The van der Waals surface area contributed by atoms with Crippen molar-refractivity contribution in [2.75, 3.05) is 7.11 Å². The van der Waals surface area contributed by atoms with Crippen LogP contribution in [0.25, 0.3) is 16.9 Å². The standard InChI is InChI=1S/C16H16BrN3O/c1-10-7-11(17)9-20-13(8-18)15(19-16(10)20)12-5-3-4-6-14(12)21-2/h3-7,9H,8,18H2,1-2H3. The number of pyridine rings is 1. The van der Waals surface area contributed by atoms with Gasteiger partial charge in [-0.1, -0.05) is 12.1 Å². The average Bonchev–Trinajstić information content (AvgIpc) is 2.85. The molecule has 0 unspecified atom stereocenters. The first-order valence-corrected chi connectivity index (χ1v) is 7.45. The summed E-state index contributed by atoms with van der Waals surface area (Å²) in [5.41, 5.74) is 10.8. The molecule has 2 heterocycles. The second-order valence-corrected chi connectivity index (χ2v) is 5.76. The Kier molecular flexibility index (Phi) is 3.69. The number of methoxy groups -OCH3 is 1. The molecule has 3 rings (SSSR count). The fourth-order valence-electron chi connectivity index (χ4n) is 2.57. The fraction of sp³-hybridized carbons (Fsp3) is 0.188. The van der Waals surface area contributed by atoms with Crippen molar-refractivity contribution >= 4 is 21.6 Å². The zero-order valence-electron chi connectivity index (χ0n) is 11.9. The average molecular weight is 346 g/mol. The number of para-hydroxylation sites is 1. The number of hydrogen-bond donors (Lipinski definition) is 1. The third-order valence-corrected chi connectivity index (χ3v) is 3.96. The molecule has 0 atom stereocenters. The van der Waals surface area contributed by atoms with Gasteiger partial charge in [-0.2, -0.15) is 0 Å². The monoisotopic (exact) mass is 345 g/mol. The molecular formula is C16H16BrN3O. The number of ether oxygens (including phenoxy) is 1. The molecule has 0 fully saturated rings. The highest BCUT2D eigenvalue weighted by atomic mass is 79.9. The maximum atomic E-state index is 5.97. The Morgan fingerprint density at radius 2 is 2.10 bits per heavy atom. The number of hydrogen-bond acceptors (Lipinski definition) is 3. The van der Waals surface area contributed by atoms with Crippen molar-refractivity contribution in [1.29, 1.82) is 0 Å². The summed E-state index contributed by atoms with van der Waals surface area (Å²) in [6.07, 6.45) is 2.00. The first-order valence-electron chi connectivity index (χ1n) is 6.66. The van der Waals surface area contributed by atoms with Gasteiger partial charge in [0.15, 0.2) is 0 Å². The van der Waals surface area contributed by atoms with Gasteiger partial charge in [0.1, 0.15) is 11.4 Å². The van der Waals surface area contributed by atoms with Gasteiger partial charge in [0.2, 0.25) is 0 Å². The zero-order valence-corrected chi connectivity index (χ0v) is 13.5. The highest BCUT2D eigenvalue weighted by molar-refractivity contribution is 9.10. The van der Waals surface area contributed by atoms with E-state index in [1.807, 2.05) is 41.8 Å². The van der Waals surface area contributed by atoms with Gasteiger partial charge in [-0.3, -0.25) is 0 Å². The Bertz CT molecular complexity index is 811. The van der Waals surface area contributed by atoms with Crippen molar-refractivity contribution in [3.63, 3.8) is 0 Å². The summed E-state index contributed by atoms with van der Waals surface area (Å²) in [7, 11) is 1.67. The Morgan fingerprint density at radius 1 is 1.33 bits per heavy atom. The van der Waals surface area contributed by atoms with Crippen LogP contribution in [-0.4, -0.2) is 16.5 Å². The topological polar surface area (TPSA) is 52.5 Å². The van der Waals surface area contributed by atoms with E-state index in [1.165, 1.54) is 0 Å². The van der Waals surface area contributed by atoms with Crippen molar-refractivity contribution < 1.29 is 4.74 Å². The Labute approximate surface area is 131 Å². The second kappa shape index (κ2) is 5.50. The molecule has 2 aromatic heterocycles. The lowest BCUT2D eigenvalue weighted by Gasteiger charge is -2.07. The van der Waals surface area contributed by atoms with Crippen LogP contribution in [0.1, 0.15) is 11.3 Å². The molecule has 0 aliphatic rings. The van der Waals surface area contributed by atoms with Crippen LogP contribution >= 0.6 is 15.9 Å². The number of nitrogens with two attached hydrogens (primary N) is 1. The van der Waals surface area contributed by atoms with E-state index in [2.05, 4.69) is 22.0 Å². The van der Waals surface area contributed by atoms with E-state index in [4.69, 9.17) is 15.5 Å². The molecule has 0 saturated carbocycles. The van der Waals surface area contributed by atoms with Crippen LogP contribution in [0.4, 0.5) is 0 Å². The Morgan fingerprint density at radius 3 is 2.81 bits per heavy atom. The molecule has 0 saturated heterocycles. The van der Waals surface area contributed by atoms with Gasteiger partial charge in [0.25, 0.3) is 0 Å². The predicted octanol–water partition coefficient (Wildman–Crippen LogP) is 3.54. The number of halogens is 1. The number of rotatable bonds is 3. The van der Waals surface area contributed by atoms with Crippen LogP contribution < -0.4 is 10.5 Å². The first kappa shape index (κ1) is 14.1. The van der Waals surface area contributed by atoms with E-state index >= 15 is 0 Å². The minimum Gasteiger partial charge on any atom is -0.496 e. The highest BCUT2D eigenvalue weighted by Gasteiger charge is 2.17. The summed E-state index contributed by atoms with van der Waals surface area (Å²) in [5, 5.41) is 0. The molecular weight excluding hydrogens is 330 g/mol. The number of nitrogens with zero attached hydrogens (tertiary/aromatic N) is 2. The minimum atomic E-state index is 0.407. The molecule has 0 aliphatic heterocycles. The number of benzene rings is 1. The largest absolute Gasteiger partial charge is 0.496 e. The lowest BCUT2D eigenvalue weighted by Crippen LogP contribution is -2.03. The predicted molar refractivity (Wildman–Crippen MR) is 87.5 cm³/mol. The fourth-order valence-corrected chi connectivity index (χ4v) is 3.11. The molecule has 0 bridgehead atoms. The SMILES string of the molecule is COc1ccccc1-c1nc2c(C)cc(Br)cn2c1CN. The van der Waals surface area contributed by atoms with Gasteiger partial charge in [-0.15, -0.1) is 0 Å². The number of imidazole rings is 1. The zero-order chi connectivity index (χ0) is 15.0. The van der Waals surface area contributed by atoms with E-state index in [1.54, 1.807) is 7.11 Å². The molecule has 0 amide bonds. The van der Waals surface area contributed by atoms with Crippen molar-refractivity contribution in [3.05, 3.63) is 52.3 Å². The van der Waals surface area contributed by atoms with Gasteiger partial charge < -0.3 is 14.9 Å². The minimum absolute atomic E-state index is 0.407. The molecule has 0 spiro atoms. The van der Waals surface area contributed by atoms with Gasteiger partial charge >= 0.3 is 0 Å². The van der Waals surface area contributed by atoms with Gasteiger partial charge in [0, 0.05) is 22.8 Å².